The molecular formula is C20H21N5O4. The molecule has 0 aliphatic carbocycles. The third kappa shape index (κ3) is 4.52. The Morgan fingerprint density at radius 3 is 2.79 bits per heavy atom. The van der Waals surface area contributed by atoms with Crippen LogP contribution in [0, 0.1) is 0 Å². The zero-order chi connectivity index (χ0) is 20.1. The van der Waals surface area contributed by atoms with Gasteiger partial charge in [0.25, 0.3) is 5.91 Å². The Bertz CT molecular complexity index is 1060. The van der Waals surface area contributed by atoms with Crippen LogP contribution in [0.3, 0.4) is 0 Å². The monoisotopic (exact) mass is 395 g/mol. The minimum Gasteiger partial charge on any atom is -0.451 e. The van der Waals surface area contributed by atoms with Gasteiger partial charge < -0.3 is 24.7 Å². The van der Waals surface area contributed by atoms with E-state index in [2.05, 4.69) is 25.5 Å². The minimum absolute atomic E-state index is 0.00894. The number of carbonyl (C=O) groups excluding carboxylic acids is 1. The predicted molar refractivity (Wildman–Crippen MR) is 108 cm³/mol. The lowest BCUT2D eigenvalue weighted by Gasteiger charge is -2.27. The summed E-state index contributed by atoms with van der Waals surface area (Å²) < 4.78 is 10.9. The fourth-order valence-corrected chi connectivity index (χ4v) is 3.08. The Labute approximate surface area is 166 Å². The van der Waals surface area contributed by atoms with Crippen LogP contribution in [0.2, 0.25) is 0 Å². The minimum atomic E-state index is -0.439. The van der Waals surface area contributed by atoms with Crippen LogP contribution in [-0.4, -0.2) is 55.3 Å². The Balaban J connectivity index is 1.31. The molecule has 2 aromatic heterocycles. The van der Waals surface area contributed by atoms with Crippen molar-refractivity contribution in [3.05, 3.63) is 58.7 Å². The zero-order valence-electron chi connectivity index (χ0n) is 15.8. The van der Waals surface area contributed by atoms with E-state index >= 15 is 0 Å². The molecule has 1 saturated heterocycles. The number of carbonyl (C=O) groups is 1. The topological polar surface area (TPSA) is 110 Å². The molecule has 2 N–H and O–H groups in total. The quantitative estimate of drug-likeness (QED) is 0.601. The number of ether oxygens (including phenoxy) is 1. The van der Waals surface area contributed by atoms with E-state index in [-0.39, 0.29) is 11.2 Å². The zero-order valence-corrected chi connectivity index (χ0v) is 15.8. The Hall–Kier alpha value is -3.46. The number of morpholine rings is 1. The summed E-state index contributed by atoms with van der Waals surface area (Å²) in [5.74, 6) is 1.07. The molecule has 9 nitrogen and oxygen atoms in total. The largest absolute Gasteiger partial charge is 0.451 e. The van der Waals surface area contributed by atoms with E-state index in [4.69, 9.17) is 9.15 Å². The van der Waals surface area contributed by atoms with E-state index in [0.717, 1.165) is 18.9 Å². The highest BCUT2D eigenvalue weighted by Gasteiger charge is 2.14. The van der Waals surface area contributed by atoms with Gasteiger partial charge in [-0.2, -0.15) is 0 Å². The summed E-state index contributed by atoms with van der Waals surface area (Å²) in [5, 5.41) is 6.34. The van der Waals surface area contributed by atoms with Crippen molar-refractivity contribution < 1.29 is 13.9 Å². The van der Waals surface area contributed by atoms with Crippen LogP contribution in [0.15, 0.2) is 51.9 Å². The molecule has 0 radical (unpaired) electrons. The van der Waals surface area contributed by atoms with E-state index in [1.54, 1.807) is 24.3 Å². The number of hydrogen-bond acceptors (Lipinski definition) is 8. The van der Waals surface area contributed by atoms with E-state index in [1.807, 2.05) is 6.07 Å². The van der Waals surface area contributed by atoms with Crippen LogP contribution in [0.25, 0.3) is 11.0 Å². The van der Waals surface area contributed by atoms with Gasteiger partial charge in [-0.1, -0.05) is 12.1 Å². The average Bonchev–Trinajstić information content (AvgIpc) is 2.77. The van der Waals surface area contributed by atoms with E-state index in [0.29, 0.717) is 43.1 Å². The molecule has 1 aromatic carbocycles. The summed E-state index contributed by atoms with van der Waals surface area (Å²) in [6, 6.07) is 9.92. The van der Waals surface area contributed by atoms with Crippen molar-refractivity contribution in [1.29, 1.82) is 0 Å². The van der Waals surface area contributed by atoms with Crippen LogP contribution in [0.1, 0.15) is 10.6 Å². The van der Waals surface area contributed by atoms with Crippen molar-refractivity contribution in [1.82, 2.24) is 15.3 Å². The molecule has 3 aromatic rings. The van der Waals surface area contributed by atoms with Gasteiger partial charge in [0, 0.05) is 38.3 Å². The maximum atomic E-state index is 12.3. The molecule has 0 unspecified atom stereocenters. The molecule has 3 heterocycles. The van der Waals surface area contributed by atoms with Gasteiger partial charge in [0.15, 0.2) is 11.2 Å². The van der Waals surface area contributed by atoms with Crippen molar-refractivity contribution in [2.24, 2.45) is 0 Å². The van der Waals surface area contributed by atoms with Crippen LogP contribution >= 0.6 is 0 Å². The van der Waals surface area contributed by atoms with E-state index in [1.165, 1.54) is 12.4 Å². The molecule has 29 heavy (non-hydrogen) atoms. The number of para-hydroxylation sites is 1. The van der Waals surface area contributed by atoms with Gasteiger partial charge in [-0.25, -0.2) is 9.97 Å². The van der Waals surface area contributed by atoms with Gasteiger partial charge in [-0.05, 0) is 12.1 Å². The first kappa shape index (κ1) is 18.9. The third-order valence-corrected chi connectivity index (χ3v) is 4.56. The molecule has 150 valence electrons. The molecule has 0 saturated carbocycles. The van der Waals surface area contributed by atoms with Gasteiger partial charge in [-0.15, -0.1) is 0 Å². The van der Waals surface area contributed by atoms with E-state index < -0.39 is 5.91 Å². The first-order valence-electron chi connectivity index (χ1n) is 9.40. The Morgan fingerprint density at radius 2 is 1.93 bits per heavy atom. The number of fused-ring (bicyclic) bond motifs is 1. The number of hydrogen-bond donors (Lipinski definition) is 2. The first-order valence-corrected chi connectivity index (χ1v) is 9.40. The number of amides is 1. The van der Waals surface area contributed by atoms with Crippen LogP contribution in [-0.2, 0) is 4.74 Å². The molecule has 1 amide bonds. The number of nitrogens with one attached hydrogen (secondary N) is 2. The Morgan fingerprint density at radius 1 is 1.10 bits per heavy atom. The lowest BCUT2D eigenvalue weighted by atomic mass is 10.2. The van der Waals surface area contributed by atoms with Crippen molar-refractivity contribution >= 4 is 28.5 Å². The second-order valence-electron chi connectivity index (χ2n) is 6.51. The van der Waals surface area contributed by atoms with Crippen molar-refractivity contribution in [3.8, 4) is 0 Å². The summed E-state index contributed by atoms with van der Waals surface area (Å²) in [7, 11) is 0. The molecular weight excluding hydrogens is 374 g/mol. The van der Waals surface area contributed by atoms with Crippen LogP contribution in [0.4, 0.5) is 11.6 Å². The highest BCUT2D eigenvalue weighted by atomic mass is 16.5. The van der Waals surface area contributed by atoms with Crippen LogP contribution in [0.5, 0.6) is 0 Å². The summed E-state index contributed by atoms with van der Waals surface area (Å²) >= 11 is 0. The van der Waals surface area contributed by atoms with Gasteiger partial charge in [0.1, 0.15) is 23.5 Å². The van der Waals surface area contributed by atoms with Gasteiger partial charge in [-0.3, -0.25) is 9.59 Å². The second kappa shape index (κ2) is 8.70. The van der Waals surface area contributed by atoms with Crippen molar-refractivity contribution in [3.63, 3.8) is 0 Å². The van der Waals surface area contributed by atoms with Crippen LogP contribution < -0.4 is 21.0 Å². The third-order valence-electron chi connectivity index (χ3n) is 4.56. The average molecular weight is 395 g/mol. The van der Waals surface area contributed by atoms with Gasteiger partial charge in [0.05, 0.1) is 18.6 Å². The number of nitrogens with zero attached hydrogens (tertiary/aromatic N) is 3. The second-order valence-corrected chi connectivity index (χ2v) is 6.51. The molecule has 4 rings (SSSR count). The summed E-state index contributed by atoms with van der Waals surface area (Å²) in [6.45, 7) is 3.76. The summed E-state index contributed by atoms with van der Waals surface area (Å²) in [6.07, 6.45) is 1.51. The standard InChI is InChI=1S/C20H21N5O4/c26-15-11-17(29-16-4-2-1-3-14(15)16)20(27)22-6-5-21-18-12-19(24-13-23-18)25-7-9-28-10-8-25/h1-4,11-13H,5-10H2,(H,22,27)(H,21,23,24). The summed E-state index contributed by atoms with van der Waals surface area (Å²) in [5.41, 5.74) is 0.145. The molecule has 1 fully saturated rings. The molecule has 0 spiro atoms. The normalized spacial score (nSPS) is 14.0. The number of anilines is 2. The molecule has 0 atom stereocenters. The lowest BCUT2D eigenvalue weighted by molar-refractivity contribution is 0.0928. The smallest absolute Gasteiger partial charge is 0.287 e. The summed E-state index contributed by atoms with van der Waals surface area (Å²) in [4.78, 5) is 35.0. The first-order chi connectivity index (χ1) is 14.2. The Kier molecular flexibility index (Phi) is 5.66. The lowest BCUT2D eigenvalue weighted by Crippen LogP contribution is -2.36. The molecule has 1 aliphatic heterocycles. The van der Waals surface area contributed by atoms with Crippen molar-refractivity contribution in [2.45, 2.75) is 0 Å². The molecule has 9 heteroatoms. The maximum absolute atomic E-state index is 12.3. The number of rotatable bonds is 6. The SMILES string of the molecule is O=C(NCCNc1cc(N2CCOCC2)ncn1)c1cc(=O)c2ccccc2o1. The number of aromatic nitrogens is 2. The van der Waals surface area contributed by atoms with Gasteiger partial charge in [0.2, 0.25) is 0 Å². The predicted octanol–water partition coefficient (Wildman–Crippen LogP) is 1.26. The highest BCUT2D eigenvalue weighted by molar-refractivity contribution is 5.93. The fraction of sp³-hybridized carbons (Fsp3) is 0.300. The highest BCUT2D eigenvalue weighted by Crippen LogP contribution is 2.15. The molecule has 1 aliphatic rings. The number of benzene rings is 1. The van der Waals surface area contributed by atoms with E-state index in [9.17, 15) is 9.59 Å². The van der Waals surface area contributed by atoms with Gasteiger partial charge >= 0.3 is 0 Å². The maximum Gasteiger partial charge on any atom is 0.287 e. The van der Waals surface area contributed by atoms with Crippen molar-refractivity contribution in [2.75, 3.05) is 49.6 Å². The fourth-order valence-electron chi connectivity index (χ4n) is 3.08. The molecule has 0 bridgehead atoms.